The van der Waals surface area contributed by atoms with Crippen molar-refractivity contribution in [3.8, 4) is 0 Å². The minimum absolute atomic E-state index is 0.00502. The average Bonchev–Trinajstić information content (AvgIpc) is 2.28. The lowest BCUT2D eigenvalue weighted by Crippen LogP contribution is -2.11. The van der Waals surface area contributed by atoms with Gasteiger partial charge in [0.1, 0.15) is 12.4 Å². The van der Waals surface area contributed by atoms with Crippen LogP contribution in [0.15, 0.2) is 24.3 Å². The summed E-state index contributed by atoms with van der Waals surface area (Å²) in [5.41, 5.74) is 0.407. The first-order chi connectivity index (χ1) is 7.74. The molecule has 1 aromatic rings. The third-order valence-electron chi connectivity index (χ3n) is 2.15. The normalized spacial score (nSPS) is 10.1. The zero-order chi connectivity index (χ0) is 11.8. The Labute approximate surface area is 94.6 Å². The highest BCUT2D eigenvalue weighted by atomic mass is 19.1. The molecule has 0 atom stereocenters. The second-order valence-electron chi connectivity index (χ2n) is 3.46. The molecule has 0 saturated carbocycles. The van der Waals surface area contributed by atoms with Crippen LogP contribution in [-0.4, -0.2) is 19.6 Å². The molecule has 4 heteroatoms. The van der Waals surface area contributed by atoms with Crippen LogP contribution in [0, 0.1) is 5.82 Å². The highest BCUT2D eigenvalue weighted by molar-refractivity contribution is 5.69. The molecule has 0 aliphatic heterocycles. The molecule has 0 saturated heterocycles. The van der Waals surface area contributed by atoms with E-state index in [4.69, 9.17) is 4.74 Å². The predicted octanol–water partition coefficient (Wildman–Crippen LogP) is 1.87. The molecule has 16 heavy (non-hydrogen) atoms. The average molecular weight is 225 g/mol. The van der Waals surface area contributed by atoms with Crippen LogP contribution in [0.4, 0.5) is 4.39 Å². The van der Waals surface area contributed by atoms with Crippen molar-refractivity contribution in [1.29, 1.82) is 0 Å². The molecule has 0 aliphatic rings. The summed E-state index contributed by atoms with van der Waals surface area (Å²) in [6.07, 6.45) is 1.09. The van der Waals surface area contributed by atoms with Gasteiger partial charge in [0.15, 0.2) is 0 Å². The summed E-state index contributed by atoms with van der Waals surface area (Å²) in [4.78, 5) is 11.2. The summed E-state index contributed by atoms with van der Waals surface area (Å²) >= 11 is 0. The highest BCUT2D eigenvalue weighted by Crippen LogP contribution is 2.08. The number of carbonyl (C=O) groups excluding carboxylic acids is 1. The Morgan fingerprint density at radius 3 is 2.88 bits per heavy atom. The van der Waals surface area contributed by atoms with E-state index in [1.54, 1.807) is 18.2 Å². The van der Waals surface area contributed by atoms with Gasteiger partial charge in [0, 0.05) is 12.0 Å². The fourth-order valence-electron chi connectivity index (χ4n) is 1.26. The van der Waals surface area contributed by atoms with Gasteiger partial charge >= 0.3 is 5.97 Å². The van der Waals surface area contributed by atoms with Crippen molar-refractivity contribution >= 4 is 5.97 Å². The lowest BCUT2D eigenvalue weighted by Gasteiger charge is -2.05. The molecule has 0 unspecified atom stereocenters. The molecule has 3 nitrogen and oxygen atoms in total. The summed E-state index contributed by atoms with van der Waals surface area (Å²) in [5.74, 6) is -0.635. The summed E-state index contributed by atoms with van der Waals surface area (Å²) in [5, 5.41) is 2.94. The minimum atomic E-state index is -0.342. The summed E-state index contributed by atoms with van der Waals surface area (Å²) in [7, 11) is 1.82. The maximum atomic E-state index is 13.1. The lowest BCUT2D eigenvalue weighted by molar-refractivity contribution is -0.145. The lowest BCUT2D eigenvalue weighted by atomic mass is 10.2. The Morgan fingerprint density at radius 2 is 2.19 bits per heavy atom. The fraction of sp³-hybridized carbons (Fsp3) is 0.417. The van der Waals surface area contributed by atoms with Gasteiger partial charge in [-0.2, -0.15) is 0 Å². The Hall–Kier alpha value is -1.42. The first kappa shape index (κ1) is 12.6. The Bertz CT molecular complexity index is 342. The molecule has 0 amide bonds. The number of nitrogens with one attached hydrogen (secondary N) is 1. The van der Waals surface area contributed by atoms with Gasteiger partial charge in [-0.05, 0) is 26.1 Å². The quantitative estimate of drug-likeness (QED) is 0.593. The molecule has 0 aliphatic carbocycles. The number of hydrogen-bond acceptors (Lipinski definition) is 3. The molecular weight excluding hydrogens is 209 g/mol. The van der Waals surface area contributed by atoms with E-state index < -0.39 is 0 Å². The SMILES string of the molecule is CNCCCC(=O)OCc1ccccc1F. The first-order valence-electron chi connectivity index (χ1n) is 5.27. The van der Waals surface area contributed by atoms with Gasteiger partial charge in [0.25, 0.3) is 0 Å². The van der Waals surface area contributed by atoms with E-state index in [1.807, 2.05) is 7.05 Å². The topological polar surface area (TPSA) is 38.3 Å². The van der Waals surface area contributed by atoms with E-state index >= 15 is 0 Å². The monoisotopic (exact) mass is 225 g/mol. The van der Waals surface area contributed by atoms with E-state index in [1.165, 1.54) is 6.07 Å². The number of esters is 1. The van der Waals surface area contributed by atoms with Crippen molar-refractivity contribution in [2.45, 2.75) is 19.4 Å². The van der Waals surface area contributed by atoms with Crippen LogP contribution in [0.3, 0.4) is 0 Å². The predicted molar refractivity (Wildman–Crippen MR) is 59.4 cm³/mol. The van der Waals surface area contributed by atoms with Crippen LogP contribution >= 0.6 is 0 Å². The zero-order valence-electron chi connectivity index (χ0n) is 9.33. The molecule has 88 valence electrons. The smallest absolute Gasteiger partial charge is 0.306 e. The van der Waals surface area contributed by atoms with Gasteiger partial charge in [-0.25, -0.2) is 4.39 Å². The molecule has 0 aromatic heterocycles. The Kier molecular flexibility index (Phi) is 5.50. The molecule has 0 fully saturated rings. The van der Waals surface area contributed by atoms with Gasteiger partial charge in [-0.15, -0.1) is 0 Å². The minimum Gasteiger partial charge on any atom is -0.461 e. The van der Waals surface area contributed by atoms with Crippen molar-refractivity contribution in [2.75, 3.05) is 13.6 Å². The molecule has 0 radical (unpaired) electrons. The Balaban J connectivity index is 2.29. The van der Waals surface area contributed by atoms with Crippen LogP contribution in [0.5, 0.6) is 0 Å². The maximum absolute atomic E-state index is 13.1. The van der Waals surface area contributed by atoms with E-state index in [9.17, 15) is 9.18 Å². The largest absolute Gasteiger partial charge is 0.461 e. The highest BCUT2D eigenvalue weighted by Gasteiger charge is 2.05. The van der Waals surface area contributed by atoms with Gasteiger partial charge in [-0.1, -0.05) is 18.2 Å². The van der Waals surface area contributed by atoms with Crippen molar-refractivity contribution in [3.63, 3.8) is 0 Å². The molecule has 0 spiro atoms. The van der Waals surface area contributed by atoms with Gasteiger partial charge in [0.2, 0.25) is 0 Å². The van der Waals surface area contributed by atoms with Crippen LogP contribution in [0.1, 0.15) is 18.4 Å². The van der Waals surface area contributed by atoms with Crippen LogP contribution in [-0.2, 0) is 16.1 Å². The van der Waals surface area contributed by atoms with Crippen molar-refractivity contribution in [2.24, 2.45) is 0 Å². The van der Waals surface area contributed by atoms with Gasteiger partial charge in [0.05, 0.1) is 0 Å². The molecule has 1 N–H and O–H groups in total. The second-order valence-corrected chi connectivity index (χ2v) is 3.46. The molecule has 0 heterocycles. The van der Waals surface area contributed by atoms with E-state index in [0.29, 0.717) is 12.0 Å². The first-order valence-corrected chi connectivity index (χ1v) is 5.27. The van der Waals surface area contributed by atoms with Crippen LogP contribution < -0.4 is 5.32 Å². The fourth-order valence-corrected chi connectivity index (χ4v) is 1.26. The standard InChI is InChI=1S/C12H16FNO2/c1-14-8-4-7-12(15)16-9-10-5-2-3-6-11(10)13/h2-3,5-6,14H,4,7-9H2,1H3. The summed E-state index contributed by atoms with van der Waals surface area (Å²) in [6, 6.07) is 6.28. The van der Waals surface area contributed by atoms with Gasteiger partial charge in [-0.3, -0.25) is 4.79 Å². The van der Waals surface area contributed by atoms with Crippen molar-refractivity contribution in [3.05, 3.63) is 35.6 Å². The number of rotatable bonds is 6. The van der Waals surface area contributed by atoms with E-state index in [0.717, 1.165) is 13.0 Å². The third kappa shape index (κ3) is 4.40. The number of benzene rings is 1. The second kappa shape index (κ2) is 6.95. The number of hydrogen-bond donors (Lipinski definition) is 1. The van der Waals surface area contributed by atoms with Crippen LogP contribution in [0.25, 0.3) is 0 Å². The molecule has 0 bridgehead atoms. The molecule has 1 rings (SSSR count). The van der Waals surface area contributed by atoms with Gasteiger partial charge < -0.3 is 10.1 Å². The Morgan fingerprint density at radius 1 is 1.44 bits per heavy atom. The summed E-state index contributed by atoms with van der Waals surface area (Å²) < 4.78 is 18.1. The summed E-state index contributed by atoms with van der Waals surface area (Å²) in [6.45, 7) is 0.778. The maximum Gasteiger partial charge on any atom is 0.306 e. The van der Waals surface area contributed by atoms with Crippen molar-refractivity contribution in [1.82, 2.24) is 5.32 Å². The zero-order valence-corrected chi connectivity index (χ0v) is 9.33. The van der Waals surface area contributed by atoms with E-state index in [-0.39, 0.29) is 18.4 Å². The number of carbonyl (C=O) groups is 1. The molecular formula is C12H16FNO2. The van der Waals surface area contributed by atoms with E-state index in [2.05, 4.69) is 5.32 Å². The van der Waals surface area contributed by atoms with Crippen LogP contribution in [0.2, 0.25) is 0 Å². The molecule has 1 aromatic carbocycles. The van der Waals surface area contributed by atoms with Crippen molar-refractivity contribution < 1.29 is 13.9 Å². The number of halogens is 1. The third-order valence-corrected chi connectivity index (χ3v) is 2.15. The number of ether oxygens (including phenoxy) is 1.